The summed E-state index contributed by atoms with van der Waals surface area (Å²) in [7, 11) is 0. The van der Waals surface area contributed by atoms with Crippen LogP contribution in [0.15, 0.2) is 21.6 Å². The third kappa shape index (κ3) is 1.30. The van der Waals surface area contributed by atoms with Crippen molar-refractivity contribution in [3.05, 3.63) is 11.6 Å². The quantitative estimate of drug-likeness (QED) is 0.779. The van der Waals surface area contributed by atoms with Crippen LogP contribution in [-0.2, 0) is 9.47 Å². The van der Waals surface area contributed by atoms with Gasteiger partial charge in [-0.05, 0) is 27.7 Å². The number of ether oxygens (including phenoxy) is 2. The second-order valence-corrected chi connectivity index (χ2v) is 7.21. The predicted octanol–water partition coefficient (Wildman–Crippen LogP) is 2.24. The van der Waals surface area contributed by atoms with Crippen LogP contribution >= 0.6 is 0 Å². The van der Waals surface area contributed by atoms with Gasteiger partial charge >= 0.3 is 0 Å². The maximum atomic E-state index is 10.1. The Balaban J connectivity index is 2.01. The topological polar surface area (TPSA) is 90.8 Å². The van der Waals surface area contributed by atoms with Crippen LogP contribution in [0.3, 0.4) is 0 Å². The van der Waals surface area contributed by atoms with Crippen molar-refractivity contribution >= 4 is 11.8 Å². The van der Waals surface area contributed by atoms with E-state index in [2.05, 4.69) is 19.1 Å². The Bertz CT molecular complexity index is 801. The van der Waals surface area contributed by atoms with E-state index in [1.54, 1.807) is 0 Å². The molecule has 6 unspecified atom stereocenters. The average molecular weight is 324 g/mol. The molecule has 6 bridgehead atoms. The van der Waals surface area contributed by atoms with Gasteiger partial charge in [0.05, 0.1) is 42.4 Å². The fraction of sp³-hybridized carbons (Fsp3) is 0.667. The first kappa shape index (κ1) is 15.2. The molecule has 1 fully saturated rings. The number of nitrogens with zero attached hydrogens (tertiary/aromatic N) is 4. The first-order valence-electron chi connectivity index (χ1n) is 8.43. The molecule has 6 heteroatoms. The molecule has 1 saturated carbocycles. The first-order valence-corrected chi connectivity index (χ1v) is 8.43. The second-order valence-electron chi connectivity index (χ2n) is 7.21. The Morgan fingerprint density at radius 1 is 1.17 bits per heavy atom. The fourth-order valence-corrected chi connectivity index (χ4v) is 5.36. The molecule has 6 atom stereocenters. The summed E-state index contributed by atoms with van der Waals surface area (Å²) in [6.07, 6.45) is 1.92. The Labute approximate surface area is 141 Å². The maximum Gasteiger partial charge on any atom is 0.206 e. The summed E-state index contributed by atoms with van der Waals surface area (Å²) >= 11 is 0. The van der Waals surface area contributed by atoms with Gasteiger partial charge in [-0.1, -0.05) is 6.08 Å². The van der Waals surface area contributed by atoms with E-state index in [1.807, 2.05) is 26.8 Å². The average Bonchev–Trinajstić information content (AvgIpc) is 2.67. The third-order valence-electron chi connectivity index (χ3n) is 6.24. The SMILES string of the molecule is CCOC1=NC2(C)C3C=C(C#N)C4(C)N=C(OCC)C3(C#N)C2C14. The van der Waals surface area contributed by atoms with Crippen molar-refractivity contribution in [2.75, 3.05) is 13.2 Å². The number of hydrogen-bond donors (Lipinski definition) is 0. The van der Waals surface area contributed by atoms with Crippen molar-refractivity contribution in [1.82, 2.24) is 0 Å². The van der Waals surface area contributed by atoms with E-state index >= 15 is 0 Å². The molecule has 0 aromatic rings. The van der Waals surface area contributed by atoms with Gasteiger partial charge in [-0.3, -0.25) is 0 Å². The summed E-state index contributed by atoms with van der Waals surface area (Å²) in [5.41, 5.74) is -1.50. The van der Waals surface area contributed by atoms with Gasteiger partial charge in [-0.15, -0.1) is 0 Å². The molecule has 0 radical (unpaired) electrons. The van der Waals surface area contributed by atoms with Crippen LogP contribution in [0.4, 0.5) is 0 Å². The summed E-state index contributed by atoms with van der Waals surface area (Å²) in [4.78, 5) is 9.67. The number of nitriles is 2. The standard InChI is InChI=1S/C18H20N4O2/c1-5-23-14-12-13-17(4,21-14)11-7-10(8-19)16(12,3)22-15(24-6-2)18(11,13)9-20/h7,11-13H,5-6H2,1-4H3. The smallest absolute Gasteiger partial charge is 0.206 e. The molecule has 124 valence electrons. The van der Waals surface area contributed by atoms with Gasteiger partial charge in [0, 0.05) is 11.8 Å². The van der Waals surface area contributed by atoms with Crippen LogP contribution in [0.5, 0.6) is 0 Å². The minimum Gasteiger partial charge on any atom is -0.481 e. The molecule has 0 spiro atoms. The molecule has 2 aliphatic carbocycles. The highest BCUT2D eigenvalue weighted by Gasteiger charge is 2.83. The molecule has 5 aliphatic rings. The molecule has 3 heterocycles. The zero-order valence-corrected chi connectivity index (χ0v) is 14.3. The van der Waals surface area contributed by atoms with Gasteiger partial charge in [0.1, 0.15) is 11.0 Å². The van der Waals surface area contributed by atoms with Crippen LogP contribution in [0, 0.1) is 45.8 Å². The highest BCUT2D eigenvalue weighted by molar-refractivity contribution is 5.98. The van der Waals surface area contributed by atoms with Crippen molar-refractivity contribution in [3.63, 3.8) is 0 Å². The lowest BCUT2D eigenvalue weighted by atomic mass is 9.41. The van der Waals surface area contributed by atoms with E-state index in [9.17, 15) is 10.5 Å². The maximum absolute atomic E-state index is 10.1. The molecule has 6 nitrogen and oxygen atoms in total. The Morgan fingerprint density at radius 2 is 1.88 bits per heavy atom. The molecule has 24 heavy (non-hydrogen) atoms. The minimum atomic E-state index is -0.851. The Hall–Kier alpha value is -2.34. The molecule has 0 aromatic heterocycles. The van der Waals surface area contributed by atoms with Crippen LogP contribution in [0.25, 0.3) is 0 Å². The Morgan fingerprint density at radius 3 is 2.46 bits per heavy atom. The Kier molecular flexibility index (Phi) is 2.78. The lowest BCUT2D eigenvalue weighted by molar-refractivity contribution is -0.0506. The summed E-state index contributed by atoms with van der Waals surface area (Å²) in [5.74, 6) is 0.608. The highest BCUT2D eigenvalue weighted by atomic mass is 16.5. The van der Waals surface area contributed by atoms with Crippen LogP contribution in [-0.4, -0.2) is 36.1 Å². The van der Waals surface area contributed by atoms with Gasteiger partial charge in [0.15, 0.2) is 5.90 Å². The van der Waals surface area contributed by atoms with Crippen molar-refractivity contribution in [2.24, 2.45) is 33.2 Å². The lowest BCUT2D eigenvalue weighted by Crippen LogP contribution is -2.72. The van der Waals surface area contributed by atoms with Crippen molar-refractivity contribution in [2.45, 2.75) is 38.8 Å². The largest absolute Gasteiger partial charge is 0.481 e. The van der Waals surface area contributed by atoms with Gasteiger partial charge < -0.3 is 9.47 Å². The number of hydrogen-bond acceptors (Lipinski definition) is 6. The van der Waals surface area contributed by atoms with E-state index in [0.717, 1.165) is 0 Å². The highest BCUT2D eigenvalue weighted by Crippen LogP contribution is 2.73. The molecule has 0 amide bonds. The minimum absolute atomic E-state index is 0.0762. The zero-order valence-electron chi connectivity index (χ0n) is 14.3. The molecule has 3 aliphatic heterocycles. The van der Waals surface area contributed by atoms with Gasteiger partial charge in [-0.2, -0.15) is 10.5 Å². The van der Waals surface area contributed by atoms with Crippen LogP contribution in [0.1, 0.15) is 27.7 Å². The predicted molar refractivity (Wildman–Crippen MR) is 87.1 cm³/mol. The van der Waals surface area contributed by atoms with Crippen molar-refractivity contribution in [3.8, 4) is 12.1 Å². The number of rotatable bonds is 2. The summed E-state index contributed by atoms with van der Waals surface area (Å²) in [5, 5.41) is 19.9. The molecule has 0 aromatic carbocycles. The fourth-order valence-electron chi connectivity index (χ4n) is 5.36. The van der Waals surface area contributed by atoms with Crippen molar-refractivity contribution in [1.29, 1.82) is 10.5 Å². The molecule has 0 N–H and O–H groups in total. The van der Waals surface area contributed by atoms with Crippen molar-refractivity contribution < 1.29 is 9.47 Å². The first-order chi connectivity index (χ1) is 11.4. The summed E-state index contributed by atoms with van der Waals surface area (Å²) in [6.45, 7) is 8.75. The molecular weight excluding hydrogens is 304 g/mol. The van der Waals surface area contributed by atoms with Gasteiger partial charge in [0.25, 0.3) is 0 Å². The van der Waals surface area contributed by atoms with E-state index in [1.165, 1.54) is 0 Å². The molecule has 0 saturated heterocycles. The van der Waals surface area contributed by atoms with E-state index < -0.39 is 16.5 Å². The van der Waals surface area contributed by atoms with Crippen LogP contribution < -0.4 is 0 Å². The van der Waals surface area contributed by atoms with Crippen LogP contribution in [0.2, 0.25) is 0 Å². The molecular formula is C18H20N4O2. The van der Waals surface area contributed by atoms with E-state index in [-0.39, 0.29) is 17.8 Å². The normalized spacial score (nSPS) is 46.6. The molecule has 5 rings (SSSR count). The second kappa shape index (κ2) is 4.39. The van der Waals surface area contributed by atoms with Gasteiger partial charge in [0.2, 0.25) is 5.90 Å². The monoisotopic (exact) mass is 324 g/mol. The van der Waals surface area contributed by atoms with E-state index in [0.29, 0.717) is 30.6 Å². The third-order valence-corrected chi connectivity index (χ3v) is 6.24. The summed E-state index contributed by atoms with van der Waals surface area (Å²) in [6, 6.07) is 4.81. The summed E-state index contributed by atoms with van der Waals surface area (Å²) < 4.78 is 11.6. The van der Waals surface area contributed by atoms with Gasteiger partial charge in [-0.25, -0.2) is 9.98 Å². The zero-order chi connectivity index (χ0) is 17.3. The number of aliphatic imine (C=N–C) groups is 2. The van der Waals surface area contributed by atoms with E-state index in [4.69, 9.17) is 19.5 Å². The lowest BCUT2D eigenvalue weighted by Gasteiger charge is -2.61.